The Morgan fingerprint density at radius 3 is 1.80 bits per heavy atom. The first-order chi connectivity index (χ1) is 7.14. The van der Waals surface area contributed by atoms with Gasteiger partial charge < -0.3 is 5.32 Å². The van der Waals surface area contributed by atoms with Gasteiger partial charge in [0.1, 0.15) is 0 Å². The summed E-state index contributed by atoms with van der Waals surface area (Å²) in [5.41, 5.74) is 0. The van der Waals surface area contributed by atoms with Crippen LogP contribution in [0.15, 0.2) is 38.0 Å². The lowest BCUT2D eigenvalue weighted by Crippen LogP contribution is -2.38. The van der Waals surface area contributed by atoms with Crippen molar-refractivity contribution in [3.05, 3.63) is 38.0 Å². The van der Waals surface area contributed by atoms with E-state index in [9.17, 15) is 4.79 Å². The Morgan fingerprint density at radius 1 is 1.13 bits per heavy atom. The summed E-state index contributed by atoms with van der Waals surface area (Å²) in [6.45, 7) is 11.3. The minimum Gasteiger partial charge on any atom is -0.359 e. The van der Waals surface area contributed by atoms with E-state index in [0.29, 0.717) is 6.04 Å². The van der Waals surface area contributed by atoms with Gasteiger partial charge in [-0.25, -0.2) is 0 Å². The summed E-state index contributed by atoms with van der Waals surface area (Å²) in [7, 11) is 0.0320. The number of allylic oxidation sites excluding steroid dienone is 3. The summed E-state index contributed by atoms with van der Waals surface area (Å²) in [5.74, 6) is 0.118. The molecule has 0 spiro atoms. The van der Waals surface area contributed by atoms with Gasteiger partial charge in [-0.3, -0.25) is 4.79 Å². The minimum atomic E-state index is -1.65. The van der Waals surface area contributed by atoms with E-state index in [1.165, 1.54) is 0 Å². The largest absolute Gasteiger partial charge is 0.359 e. The average Bonchev–Trinajstić information content (AvgIpc) is 2.18. The van der Waals surface area contributed by atoms with Gasteiger partial charge in [0.05, 0.1) is 8.07 Å². The number of rotatable bonds is 8. The molecule has 0 saturated carbocycles. The van der Waals surface area contributed by atoms with Crippen molar-refractivity contribution in [2.75, 3.05) is 7.05 Å². The zero-order valence-corrected chi connectivity index (χ0v) is 10.6. The Balaban J connectivity index is 4.73. The number of nitrogens with one attached hydrogen (secondary N) is 1. The van der Waals surface area contributed by atoms with E-state index in [1.54, 1.807) is 7.05 Å². The molecule has 0 aromatic carbocycles. The number of hydrogen-bond acceptors (Lipinski definition) is 1. The SMILES string of the molecule is C=CC[Si](CC=C)(CC=C)CC(=O)NC. The molecule has 0 rings (SSSR count). The van der Waals surface area contributed by atoms with E-state index >= 15 is 0 Å². The summed E-state index contributed by atoms with van der Waals surface area (Å²) < 4.78 is 0. The fraction of sp³-hybridized carbons (Fsp3) is 0.417. The summed E-state index contributed by atoms with van der Waals surface area (Å²) in [6, 6.07) is 3.46. The summed E-state index contributed by atoms with van der Waals surface area (Å²) in [6.07, 6.45) is 5.76. The number of carbonyl (C=O) groups excluding carboxylic acids is 1. The van der Waals surface area contributed by atoms with E-state index in [4.69, 9.17) is 0 Å². The first-order valence-corrected chi connectivity index (χ1v) is 8.00. The molecule has 1 amide bonds. The highest BCUT2D eigenvalue weighted by atomic mass is 28.3. The molecule has 0 atom stereocenters. The molecule has 0 unspecified atom stereocenters. The van der Waals surface area contributed by atoms with Crippen molar-refractivity contribution in [3.8, 4) is 0 Å². The molecule has 0 radical (unpaired) electrons. The Morgan fingerprint density at radius 2 is 1.53 bits per heavy atom. The van der Waals surface area contributed by atoms with Gasteiger partial charge in [0, 0.05) is 13.1 Å². The molecule has 0 aliphatic rings. The van der Waals surface area contributed by atoms with Crippen LogP contribution in [0.3, 0.4) is 0 Å². The van der Waals surface area contributed by atoms with Crippen molar-refractivity contribution in [2.24, 2.45) is 0 Å². The third kappa shape index (κ3) is 4.79. The topological polar surface area (TPSA) is 29.1 Å². The van der Waals surface area contributed by atoms with Crippen LogP contribution in [0.5, 0.6) is 0 Å². The first kappa shape index (κ1) is 13.9. The lowest BCUT2D eigenvalue weighted by molar-refractivity contribution is -0.118. The predicted molar refractivity (Wildman–Crippen MR) is 69.6 cm³/mol. The van der Waals surface area contributed by atoms with Gasteiger partial charge in [-0.1, -0.05) is 18.2 Å². The van der Waals surface area contributed by atoms with Crippen LogP contribution in [0.25, 0.3) is 0 Å². The molecule has 0 heterocycles. The lowest BCUT2D eigenvalue weighted by Gasteiger charge is -2.27. The van der Waals surface area contributed by atoms with Gasteiger partial charge in [0.2, 0.25) is 5.91 Å². The van der Waals surface area contributed by atoms with Crippen LogP contribution in [0, 0.1) is 0 Å². The summed E-state index contributed by atoms with van der Waals surface area (Å²) in [4.78, 5) is 11.5. The minimum absolute atomic E-state index is 0.118. The molecule has 0 saturated heterocycles. The fourth-order valence-corrected chi connectivity index (χ4v) is 5.44. The second-order valence-electron chi connectivity index (χ2n) is 3.83. The maximum atomic E-state index is 11.5. The van der Waals surface area contributed by atoms with Crippen molar-refractivity contribution in [2.45, 2.75) is 24.2 Å². The molecule has 2 nitrogen and oxygen atoms in total. The van der Waals surface area contributed by atoms with Crippen molar-refractivity contribution >= 4 is 14.0 Å². The zero-order valence-electron chi connectivity index (χ0n) is 9.59. The van der Waals surface area contributed by atoms with E-state index in [1.807, 2.05) is 18.2 Å². The molecule has 3 heteroatoms. The van der Waals surface area contributed by atoms with Crippen molar-refractivity contribution in [1.82, 2.24) is 5.32 Å². The molecule has 0 aromatic heterocycles. The third-order valence-corrected chi connectivity index (χ3v) is 7.08. The zero-order chi connectivity index (χ0) is 11.7. The maximum absolute atomic E-state index is 11.5. The van der Waals surface area contributed by atoms with Crippen molar-refractivity contribution in [3.63, 3.8) is 0 Å². The van der Waals surface area contributed by atoms with E-state index < -0.39 is 8.07 Å². The van der Waals surface area contributed by atoms with E-state index in [-0.39, 0.29) is 5.91 Å². The number of carbonyl (C=O) groups is 1. The summed E-state index contributed by atoms with van der Waals surface area (Å²) >= 11 is 0. The Hall–Kier alpha value is -1.09. The van der Waals surface area contributed by atoms with Gasteiger partial charge in [-0.05, 0) is 18.1 Å². The van der Waals surface area contributed by atoms with Gasteiger partial charge in [-0.15, -0.1) is 19.7 Å². The highest BCUT2D eigenvalue weighted by molar-refractivity contribution is 6.83. The molecule has 0 fully saturated rings. The van der Waals surface area contributed by atoms with Crippen LogP contribution in [0.1, 0.15) is 0 Å². The van der Waals surface area contributed by atoms with E-state index in [2.05, 4.69) is 25.1 Å². The van der Waals surface area contributed by atoms with E-state index in [0.717, 1.165) is 18.1 Å². The maximum Gasteiger partial charge on any atom is 0.217 e. The molecule has 1 N–H and O–H groups in total. The molecule has 0 bridgehead atoms. The second kappa shape index (κ2) is 7.23. The van der Waals surface area contributed by atoms with Crippen LogP contribution in [0.4, 0.5) is 0 Å². The van der Waals surface area contributed by atoms with Gasteiger partial charge in [-0.2, -0.15) is 0 Å². The van der Waals surface area contributed by atoms with Crippen LogP contribution in [-0.2, 0) is 4.79 Å². The summed E-state index contributed by atoms with van der Waals surface area (Å²) in [5, 5.41) is 2.69. The first-order valence-electron chi connectivity index (χ1n) is 5.17. The van der Waals surface area contributed by atoms with Gasteiger partial charge in [0.25, 0.3) is 0 Å². The van der Waals surface area contributed by atoms with Gasteiger partial charge >= 0.3 is 0 Å². The number of hydrogen-bond donors (Lipinski definition) is 1. The number of amides is 1. The Kier molecular flexibility index (Phi) is 6.70. The normalized spacial score (nSPS) is 10.5. The lowest BCUT2D eigenvalue weighted by atomic mass is 10.7. The van der Waals surface area contributed by atoms with Crippen LogP contribution in [-0.4, -0.2) is 21.0 Å². The predicted octanol–water partition coefficient (Wildman–Crippen LogP) is 2.74. The monoisotopic (exact) mass is 223 g/mol. The third-order valence-electron chi connectivity index (χ3n) is 2.55. The highest BCUT2D eigenvalue weighted by Gasteiger charge is 2.31. The molecule has 0 aliphatic heterocycles. The second-order valence-corrected chi connectivity index (χ2v) is 8.41. The molecular weight excluding hydrogens is 202 g/mol. The average molecular weight is 223 g/mol. The molecule has 15 heavy (non-hydrogen) atoms. The molecule has 84 valence electrons. The fourth-order valence-electron chi connectivity index (χ4n) is 1.81. The molecule has 0 aromatic rings. The Bertz CT molecular complexity index is 221. The van der Waals surface area contributed by atoms with Crippen LogP contribution < -0.4 is 5.32 Å². The quantitative estimate of drug-likeness (QED) is 0.497. The molecule has 0 aliphatic carbocycles. The van der Waals surface area contributed by atoms with Gasteiger partial charge in [0.15, 0.2) is 0 Å². The smallest absolute Gasteiger partial charge is 0.217 e. The van der Waals surface area contributed by atoms with Crippen molar-refractivity contribution in [1.29, 1.82) is 0 Å². The van der Waals surface area contributed by atoms with Crippen LogP contribution >= 0.6 is 0 Å². The van der Waals surface area contributed by atoms with Crippen LogP contribution in [0.2, 0.25) is 24.2 Å². The molecular formula is C12H21NOSi. The van der Waals surface area contributed by atoms with Crippen molar-refractivity contribution < 1.29 is 4.79 Å². The highest BCUT2D eigenvalue weighted by Crippen LogP contribution is 2.27. The Labute approximate surface area is 93.8 Å². The standard InChI is InChI=1S/C12H21NOSi/c1-5-8-15(9-6-2,10-7-3)11-12(14)13-4/h5-7H,1-3,8-11H2,4H3,(H,13,14).